The molecule has 17 heavy (non-hydrogen) atoms. The number of nitrogens with one attached hydrogen (secondary N) is 1. The zero-order valence-electron chi connectivity index (χ0n) is 10.1. The lowest BCUT2D eigenvalue weighted by atomic mass is 10.4. The molecule has 0 amide bonds. The Balaban J connectivity index is 1.83. The molecule has 5 heteroatoms. The maximum atomic E-state index is 4.54. The van der Waals surface area contributed by atoms with Crippen molar-refractivity contribution in [2.24, 2.45) is 0 Å². The summed E-state index contributed by atoms with van der Waals surface area (Å²) in [6, 6.07) is 0.637. The predicted octanol–water partition coefficient (Wildman–Crippen LogP) is 2.58. The zero-order valence-corrected chi connectivity index (χ0v) is 10.9. The molecule has 4 nitrogen and oxygen atoms in total. The smallest absolute Gasteiger partial charge is 0.203 e. The molecule has 1 saturated carbocycles. The molecule has 3 rings (SSSR count). The van der Waals surface area contributed by atoms with E-state index in [4.69, 9.17) is 0 Å². The van der Waals surface area contributed by atoms with Crippen molar-refractivity contribution in [2.45, 2.75) is 39.3 Å². The predicted molar refractivity (Wildman–Crippen MR) is 69.6 cm³/mol. The van der Waals surface area contributed by atoms with Gasteiger partial charge in [0.15, 0.2) is 0 Å². The second-order valence-corrected chi connectivity index (χ2v) is 5.55. The van der Waals surface area contributed by atoms with Gasteiger partial charge in [-0.25, -0.2) is 9.97 Å². The van der Waals surface area contributed by atoms with Crippen LogP contribution in [0.15, 0.2) is 11.7 Å². The summed E-state index contributed by atoms with van der Waals surface area (Å²) in [5.41, 5.74) is 4.09. The molecule has 1 fully saturated rings. The summed E-state index contributed by atoms with van der Waals surface area (Å²) in [4.78, 5) is 10.1. The second kappa shape index (κ2) is 4.14. The number of nitrogens with zero attached hydrogens (tertiary/aromatic N) is 3. The van der Waals surface area contributed by atoms with Gasteiger partial charge in [-0.05, 0) is 26.7 Å². The molecule has 0 bridgehead atoms. The van der Waals surface area contributed by atoms with Crippen LogP contribution in [-0.4, -0.2) is 20.6 Å². The minimum atomic E-state index is 0.637. The highest BCUT2D eigenvalue weighted by Crippen LogP contribution is 2.25. The fourth-order valence-corrected chi connectivity index (χ4v) is 2.60. The molecule has 0 spiro atoms. The number of aryl methyl sites for hydroxylation is 2. The van der Waals surface area contributed by atoms with E-state index in [1.54, 1.807) is 11.3 Å². The van der Waals surface area contributed by atoms with Crippen LogP contribution in [-0.2, 0) is 6.54 Å². The topological polar surface area (TPSA) is 42.7 Å². The van der Waals surface area contributed by atoms with Crippen LogP contribution < -0.4 is 5.32 Å². The SMILES string of the molecule is Cc1cn(Cc2scnc2C)c(NC2CC2)n1. The highest BCUT2D eigenvalue weighted by atomic mass is 32.1. The molecule has 0 aromatic carbocycles. The van der Waals surface area contributed by atoms with E-state index in [2.05, 4.69) is 33.0 Å². The molecular formula is C12H16N4S. The van der Waals surface area contributed by atoms with Gasteiger partial charge in [-0.2, -0.15) is 0 Å². The number of imidazole rings is 1. The van der Waals surface area contributed by atoms with Crippen molar-refractivity contribution in [2.75, 3.05) is 5.32 Å². The van der Waals surface area contributed by atoms with Gasteiger partial charge in [0.1, 0.15) is 0 Å². The van der Waals surface area contributed by atoms with Crippen molar-refractivity contribution in [1.82, 2.24) is 14.5 Å². The van der Waals surface area contributed by atoms with E-state index in [0.29, 0.717) is 6.04 Å². The summed E-state index contributed by atoms with van der Waals surface area (Å²) in [5, 5.41) is 3.47. The summed E-state index contributed by atoms with van der Waals surface area (Å²) in [6.07, 6.45) is 4.64. The van der Waals surface area contributed by atoms with Gasteiger partial charge in [0.05, 0.1) is 23.4 Å². The van der Waals surface area contributed by atoms with Gasteiger partial charge in [0.2, 0.25) is 5.95 Å². The molecule has 1 aliphatic rings. The molecule has 90 valence electrons. The minimum absolute atomic E-state index is 0.637. The molecule has 0 unspecified atom stereocenters. The van der Waals surface area contributed by atoms with Gasteiger partial charge < -0.3 is 9.88 Å². The van der Waals surface area contributed by atoms with Crippen molar-refractivity contribution in [3.05, 3.63) is 28.0 Å². The van der Waals surface area contributed by atoms with Crippen molar-refractivity contribution in [3.63, 3.8) is 0 Å². The Hall–Kier alpha value is -1.36. The Morgan fingerprint density at radius 3 is 2.94 bits per heavy atom. The third-order valence-electron chi connectivity index (χ3n) is 2.97. The molecule has 2 aromatic rings. The summed E-state index contributed by atoms with van der Waals surface area (Å²) >= 11 is 1.71. The maximum Gasteiger partial charge on any atom is 0.203 e. The molecule has 2 aromatic heterocycles. The summed E-state index contributed by atoms with van der Waals surface area (Å²) < 4.78 is 2.19. The number of anilines is 1. The third kappa shape index (κ3) is 2.34. The zero-order chi connectivity index (χ0) is 11.8. The first kappa shape index (κ1) is 10.8. The van der Waals surface area contributed by atoms with Crippen molar-refractivity contribution in [3.8, 4) is 0 Å². The van der Waals surface area contributed by atoms with Gasteiger partial charge in [-0.15, -0.1) is 11.3 Å². The quantitative estimate of drug-likeness (QED) is 0.904. The average molecular weight is 248 g/mol. The van der Waals surface area contributed by atoms with Crippen LogP contribution in [0.3, 0.4) is 0 Å². The normalized spacial score (nSPS) is 15.2. The first-order chi connectivity index (χ1) is 8.22. The second-order valence-electron chi connectivity index (χ2n) is 4.61. The van der Waals surface area contributed by atoms with Gasteiger partial charge in [0, 0.05) is 17.1 Å². The van der Waals surface area contributed by atoms with E-state index in [1.165, 1.54) is 17.7 Å². The third-order valence-corrected chi connectivity index (χ3v) is 3.89. The molecule has 0 atom stereocenters. The van der Waals surface area contributed by atoms with Gasteiger partial charge >= 0.3 is 0 Å². The number of thiazole rings is 1. The van der Waals surface area contributed by atoms with Crippen LogP contribution in [0.1, 0.15) is 29.1 Å². The van der Waals surface area contributed by atoms with Gasteiger partial charge in [-0.3, -0.25) is 0 Å². The monoisotopic (exact) mass is 248 g/mol. The fraction of sp³-hybridized carbons (Fsp3) is 0.500. The average Bonchev–Trinajstić information content (AvgIpc) is 2.91. The Kier molecular flexibility index (Phi) is 2.63. The van der Waals surface area contributed by atoms with Crippen LogP contribution in [0, 0.1) is 13.8 Å². The van der Waals surface area contributed by atoms with Crippen molar-refractivity contribution < 1.29 is 0 Å². The summed E-state index contributed by atoms with van der Waals surface area (Å²) in [6.45, 7) is 4.96. The Bertz CT molecular complexity index is 524. The molecule has 0 aliphatic heterocycles. The molecule has 1 aliphatic carbocycles. The number of hydrogen-bond donors (Lipinski definition) is 1. The number of hydrogen-bond acceptors (Lipinski definition) is 4. The van der Waals surface area contributed by atoms with E-state index in [-0.39, 0.29) is 0 Å². The Morgan fingerprint density at radius 2 is 2.29 bits per heavy atom. The molecule has 1 N–H and O–H groups in total. The molecule has 2 heterocycles. The van der Waals surface area contributed by atoms with E-state index >= 15 is 0 Å². The van der Waals surface area contributed by atoms with Crippen LogP contribution in [0.4, 0.5) is 5.95 Å². The number of aromatic nitrogens is 3. The lowest BCUT2D eigenvalue weighted by Gasteiger charge is -2.07. The van der Waals surface area contributed by atoms with Crippen molar-refractivity contribution in [1.29, 1.82) is 0 Å². The Labute approximate surface area is 105 Å². The molecular weight excluding hydrogens is 232 g/mol. The lowest BCUT2D eigenvalue weighted by molar-refractivity contribution is 0.800. The van der Waals surface area contributed by atoms with E-state index in [0.717, 1.165) is 23.9 Å². The molecule has 0 saturated heterocycles. The first-order valence-electron chi connectivity index (χ1n) is 5.91. The fourth-order valence-electron chi connectivity index (χ4n) is 1.83. The maximum absolute atomic E-state index is 4.54. The van der Waals surface area contributed by atoms with E-state index in [1.807, 2.05) is 12.4 Å². The lowest BCUT2D eigenvalue weighted by Crippen LogP contribution is -2.09. The van der Waals surface area contributed by atoms with Crippen LogP contribution in [0.2, 0.25) is 0 Å². The van der Waals surface area contributed by atoms with Crippen LogP contribution in [0.25, 0.3) is 0 Å². The highest BCUT2D eigenvalue weighted by Gasteiger charge is 2.23. The largest absolute Gasteiger partial charge is 0.353 e. The van der Waals surface area contributed by atoms with Crippen LogP contribution >= 0.6 is 11.3 Å². The minimum Gasteiger partial charge on any atom is -0.353 e. The van der Waals surface area contributed by atoms with Gasteiger partial charge in [-0.1, -0.05) is 0 Å². The Morgan fingerprint density at radius 1 is 1.47 bits per heavy atom. The first-order valence-corrected chi connectivity index (χ1v) is 6.79. The number of rotatable bonds is 4. The van der Waals surface area contributed by atoms with E-state index in [9.17, 15) is 0 Å². The standard InChI is InChI=1S/C12H16N4S/c1-8-5-16(6-11-9(2)13-7-17-11)12(14-8)15-10-3-4-10/h5,7,10H,3-4,6H2,1-2H3,(H,14,15). The summed E-state index contributed by atoms with van der Waals surface area (Å²) in [5.74, 6) is 0.998. The van der Waals surface area contributed by atoms with Crippen LogP contribution in [0.5, 0.6) is 0 Å². The van der Waals surface area contributed by atoms with E-state index < -0.39 is 0 Å². The van der Waals surface area contributed by atoms with Gasteiger partial charge in [0.25, 0.3) is 0 Å². The highest BCUT2D eigenvalue weighted by molar-refractivity contribution is 7.09. The summed E-state index contributed by atoms with van der Waals surface area (Å²) in [7, 11) is 0. The van der Waals surface area contributed by atoms with Crippen molar-refractivity contribution >= 4 is 17.3 Å². The molecule has 0 radical (unpaired) electrons.